The molecule has 1 aromatic carbocycles. The van der Waals surface area contributed by atoms with Crippen LogP contribution >= 0.6 is 24.0 Å². The number of halogens is 3. The number of ether oxygens (including phenoxy) is 1. The second-order valence-electron chi connectivity index (χ2n) is 6.28. The van der Waals surface area contributed by atoms with Crippen LogP contribution in [0.1, 0.15) is 5.56 Å². The summed E-state index contributed by atoms with van der Waals surface area (Å²) in [6.07, 6.45) is 0.152. The Bertz CT molecular complexity index is 1030. The maximum Gasteiger partial charge on any atom is 0.260 e. The Morgan fingerprint density at radius 1 is 1.45 bits per heavy atom. The number of nitriles is 1. The van der Waals surface area contributed by atoms with Gasteiger partial charge >= 0.3 is 0 Å². The highest BCUT2D eigenvalue weighted by Gasteiger charge is 2.50. The van der Waals surface area contributed by atoms with Gasteiger partial charge in [0.1, 0.15) is 29.3 Å². The molecule has 0 radical (unpaired) electrons. The van der Waals surface area contributed by atoms with Crippen LogP contribution in [0.3, 0.4) is 0 Å². The molecule has 0 amide bonds. The van der Waals surface area contributed by atoms with E-state index >= 15 is 0 Å². The van der Waals surface area contributed by atoms with E-state index in [0.29, 0.717) is 0 Å². The lowest BCUT2D eigenvalue weighted by molar-refractivity contribution is -0.0201. The summed E-state index contributed by atoms with van der Waals surface area (Å²) in [4.78, 5) is 3.81. The van der Waals surface area contributed by atoms with Crippen molar-refractivity contribution in [1.29, 1.82) is 5.26 Å². The molecule has 12 heteroatoms. The van der Waals surface area contributed by atoms with Crippen molar-refractivity contribution in [2.24, 2.45) is 5.73 Å². The number of pyridine rings is 1. The van der Waals surface area contributed by atoms with Crippen molar-refractivity contribution < 1.29 is 22.7 Å². The van der Waals surface area contributed by atoms with E-state index in [2.05, 4.69) is 4.98 Å². The molecule has 3 rings (SSSR count). The summed E-state index contributed by atoms with van der Waals surface area (Å²) in [6, 6.07) is 7.91. The third-order valence-electron chi connectivity index (χ3n) is 4.42. The Morgan fingerprint density at radius 3 is 2.72 bits per heavy atom. The molecule has 2 heterocycles. The Balaban J connectivity index is 0.00000300. The first-order valence-electron chi connectivity index (χ1n) is 8.10. The van der Waals surface area contributed by atoms with Crippen LogP contribution in [0, 0.1) is 17.1 Å². The van der Waals surface area contributed by atoms with Crippen molar-refractivity contribution in [3.63, 3.8) is 0 Å². The lowest BCUT2D eigenvalue weighted by atomic mass is 10.0. The van der Waals surface area contributed by atoms with Crippen LogP contribution in [0.4, 0.5) is 4.39 Å². The van der Waals surface area contributed by atoms with Crippen molar-refractivity contribution >= 4 is 34.0 Å². The van der Waals surface area contributed by atoms with E-state index in [0.717, 1.165) is 10.4 Å². The number of aromatic nitrogens is 1. The fraction of sp³-hybridized carbons (Fsp3) is 0.294. The van der Waals surface area contributed by atoms with Gasteiger partial charge in [0, 0.05) is 25.4 Å². The standard InChI is InChI=1S/C17H16ClFN4O4S.ClH/c18-12-2-4-16(22-7-12)28(25,26)23-8-15(17(24,9-21)10-23)27-13-3-1-11(6-20)14(19)5-13;/h1-5,7,15,24H,8-10,21H2;1H/t15-,17+;/m0./s1. The number of hydrogen-bond acceptors (Lipinski definition) is 7. The molecule has 29 heavy (non-hydrogen) atoms. The lowest BCUT2D eigenvalue weighted by Gasteiger charge is -2.27. The zero-order chi connectivity index (χ0) is 20.5. The van der Waals surface area contributed by atoms with Crippen LogP contribution < -0.4 is 10.5 Å². The first-order valence-corrected chi connectivity index (χ1v) is 9.92. The van der Waals surface area contributed by atoms with Crippen LogP contribution in [-0.2, 0) is 10.0 Å². The fourth-order valence-corrected chi connectivity index (χ4v) is 4.35. The number of aliphatic hydroxyl groups is 1. The molecule has 8 nitrogen and oxygen atoms in total. The third-order valence-corrected chi connectivity index (χ3v) is 6.37. The predicted molar refractivity (Wildman–Crippen MR) is 105 cm³/mol. The summed E-state index contributed by atoms with van der Waals surface area (Å²) in [6.45, 7) is -0.821. The van der Waals surface area contributed by atoms with Gasteiger partial charge in [-0.3, -0.25) is 0 Å². The van der Waals surface area contributed by atoms with Crippen molar-refractivity contribution in [3.8, 4) is 11.8 Å². The molecule has 3 N–H and O–H groups in total. The Hall–Kier alpha value is -2.00. The smallest absolute Gasteiger partial charge is 0.260 e. The van der Waals surface area contributed by atoms with Gasteiger partial charge in [-0.15, -0.1) is 12.4 Å². The number of β-amino-alcohol motifs (C(OH)–C–C–N with tert-alkyl or cyclic N) is 1. The molecule has 156 valence electrons. The second kappa shape index (κ2) is 8.79. The lowest BCUT2D eigenvalue weighted by Crippen LogP contribution is -2.50. The predicted octanol–water partition coefficient (Wildman–Crippen LogP) is 1.31. The minimum absolute atomic E-state index is 0. The topological polar surface area (TPSA) is 130 Å². The highest BCUT2D eigenvalue weighted by molar-refractivity contribution is 7.89. The quantitative estimate of drug-likeness (QED) is 0.684. The average molecular weight is 463 g/mol. The maximum atomic E-state index is 13.8. The fourth-order valence-electron chi connectivity index (χ4n) is 2.82. The number of hydrogen-bond donors (Lipinski definition) is 2. The van der Waals surface area contributed by atoms with Gasteiger partial charge in [0.2, 0.25) is 0 Å². The van der Waals surface area contributed by atoms with E-state index in [1.807, 2.05) is 0 Å². The first kappa shape index (κ1) is 23.3. The molecular formula is C17H17Cl2FN4O4S. The van der Waals surface area contributed by atoms with E-state index < -0.39 is 27.5 Å². The Morgan fingerprint density at radius 2 is 2.17 bits per heavy atom. The monoisotopic (exact) mass is 462 g/mol. The van der Waals surface area contributed by atoms with Crippen LogP contribution in [-0.4, -0.2) is 54.2 Å². The summed E-state index contributed by atoms with van der Waals surface area (Å²) >= 11 is 5.74. The van der Waals surface area contributed by atoms with E-state index in [1.165, 1.54) is 30.5 Å². The summed E-state index contributed by atoms with van der Waals surface area (Å²) < 4.78 is 46.0. The summed E-state index contributed by atoms with van der Waals surface area (Å²) in [5.74, 6) is -0.749. The zero-order valence-corrected chi connectivity index (χ0v) is 17.2. The number of rotatable bonds is 5. The molecule has 1 saturated heterocycles. The van der Waals surface area contributed by atoms with Crippen LogP contribution in [0.5, 0.6) is 5.75 Å². The summed E-state index contributed by atoms with van der Waals surface area (Å²) in [5.41, 5.74) is 3.80. The minimum atomic E-state index is -4.03. The van der Waals surface area contributed by atoms with Gasteiger partial charge in [0.15, 0.2) is 5.03 Å². The van der Waals surface area contributed by atoms with Crippen molar-refractivity contribution in [2.75, 3.05) is 19.6 Å². The van der Waals surface area contributed by atoms with Crippen molar-refractivity contribution in [2.45, 2.75) is 16.7 Å². The van der Waals surface area contributed by atoms with Gasteiger partial charge in [0.25, 0.3) is 10.0 Å². The molecule has 0 saturated carbocycles. The maximum absolute atomic E-state index is 13.8. The number of nitrogens with two attached hydrogens (primary N) is 1. The van der Waals surface area contributed by atoms with E-state index in [1.54, 1.807) is 6.07 Å². The largest absolute Gasteiger partial charge is 0.486 e. The van der Waals surface area contributed by atoms with Gasteiger partial charge < -0.3 is 15.6 Å². The van der Waals surface area contributed by atoms with Gasteiger partial charge in [0.05, 0.1) is 17.1 Å². The summed E-state index contributed by atoms with van der Waals surface area (Å²) in [7, 11) is -4.03. The van der Waals surface area contributed by atoms with E-state index in [9.17, 15) is 17.9 Å². The molecule has 0 spiro atoms. The van der Waals surface area contributed by atoms with Gasteiger partial charge in [-0.05, 0) is 24.3 Å². The average Bonchev–Trinajstić information content (AvgIpc) is 3.00. The van der Waals surface area contributed by atoms with E-state index in [-0.39, 0.29) is 53.4 Å². The van der Waals surface area contributed by atoms with Crippen molar-refractivity contribution in [1.82, 2.24) is 9.29 Å². The first-order chi connectivity index (χ1) is 13.2. The SMILES string of the molecule is Cl.N#Cc1ccc(O[C@H]2CN(S(=O)(=O)c3ccc(Cl)cn3)C[C@]2(O)CN)cc1F. The van der Waals surface area contributed by atoms with Gasteiger partial charge in [-0.1, -0.05) is 11.6 Å². The number of nitrogens with zero attached hydrogens (tertiary/aromatic N) is 3. The molecular weight excluding hydrogens is 446 g/mol. The van der Waals surface area contributed by atoms with Crippen molar-refractivity contribution in [3.05, 3.63) is 52.9 Å². The second-order valence-corrected chi connectivity index (χ2v) is 8.60. The highest BCUT2D eigenvalue weighted by Crippen LogP contribution is 2.30. The zero-order valence-electron chi connectivity index (χ0n) is 14.8. The highest BCUT2D eigenvalue weighted by atomic mass is 35.5. The Labute approximate surface area is 178 Å². The molecule has 0 unspecified atom stereocenters. The molecule has 2 aromatic rings. The molecule has 2 atom stereocenters. The van der Waals surface area contributed by atoms with Crippen LogP contribution in [0.15, 0.2) is 41.6 Å². The summed E-state index contributed by atoms with van der Waals surface area (Å²) in [5, 5.41) is 19.6. The molecule has 0 bridgehead atoms. The minimum Gasteiger partial charge on any atom is -0.486 e. The molecule has 1 aliphatic rings. The van der Waals surface area contributed by atoms with Gasteiger partial charge in [-0.2, -0.15) is 9.57 Å². The normalized spacial score (nSPS) is 22.0. The Kier molecular flexibility index (Phi) is 7.06. The third kappa shape index (κ3) is 4.61. The van der Waals surface area contributed by atoms with Gasteiger partial charge in [-0.25, -0.2) is 17.8 Å². The van der Waals surface area contributed by atoms with Crippen LogP contribution in [0.25, 0.3) is 0 Å². The molecule has 1 fully saturated rings. The molecule has 0 aliphatic carbocycles. The van der Waals surface area contributed by atoms with E-state index in [4.69, 9.17) is 27.3 Å². The van der Waals surface area contributed by atoms with Crippen LogP contribution in [0.2, 0.25) is 5.02 Å². The number of benzene rings is 1. The molecule has 1 aliphatic heterocycles. The molecule has 1 aromatic heterocycles. The number of sulfonamides is 1.